The summed E-state index contributed by atoms with van der Waals surface area (Å²) in [5.74, 6) is -3.66. The molecule has 1 aliphatic rings. The second kappa shape index (κ2) is 13.5. The molecule has 0 saturated heterocycles. The fourth-order valence-electron chi connectivity index (χ4n) is 5.40. The van der Waals surface area contributed by atoms with Gasteiger partial charge in [0.05, 0.1) is 36.3 Å². The van der Waals surface area contributed by atoms with Gasteiger partial charge in [0.25, 0.3) is 5.91 Å². The minimum absolute atomic E-state index is 0.0544. The molecule has 4 aromatic rings. The first-order chi connectivity index (χ1) is 22.8. The smallest absolute Gasteiger partial charge is 0.416 e. The Labute approximate surface area is 272 Å². The average Bonchev–Trinajstić information content (AvgIpc) is 3.39. The van der Waals surface area contributed by atoms with Crippen LogP contribution in [0.4, 0.5) is 43.9 Å². The van der Waals surface area contributed by atoms with E-state index in [4.69, 9.17) is 4.74 Å². The molecule has 0 spiro atoms. The van der Waals surface area contributed by atoms with Crippen LogP contribution in [-0.4, -0.2) is 65.8 Å². The molecule has 254 valence electrons. The number of nitrogens with zero attached hydrogens (tertiary/aromatic N) is 5. The molecule has 0 radical (unpaired) electrons. The summed E-state index contributed by atoms with van der Waals surface area (Å²) >= 11 is 0. The zero-order chi connectivity index (χ0) is 34.9. The molecule has 2 heterocycles. The lowest BCUT2D eigenvalue weighted by molar-refractivity contribution is -0.138. The summed E-state index contributed by atoms with van der Waals surface area (Å²) < 4.78 is 79.5. The highest BCUT2D eigenvalue weighted by molar-refractivity contribution is 6.12. The highest BCUT2D eigenvalue weighted by Crippen LogP contribution is 2.41. The Kier molecular flexibility index (Phi) is 9.59. The molecule has 11 nitrogen and oxygen atoms in total. The third kappa shape index (κ3) is 6.48. The number of ether oxygens (including phenoxy) is 1. The number of halogens is 5. The van der Waals surface area contributed by atoms with Gasteiger partial charge < -0.3 is 30.3 Å². The zero-order valence-electron chi connectivity index (χ0n) is 26.3. The number of amides is 3. The number of fused-ring (bicyclic) bond motifs is 1. The largest absolute Gasteiger partial charge is 0.494 e. The van der Waals surface area contributed by atoms with Crippen molar-refractivity contribution in [1.29, 1.82) is 0 Å². The number of methoxy groups -OCH3 is 1. The van der Waals surface area contributed by atoms with Gasteiger partial charge in [-0.2, -0.15) is 13.2 Å². The van der Waals surface area contributed by atoms with Gasteiger partial charge >= 0.3 is 12.2 Å². The van der Waals surface area contributed by atoms with Crippen LogP contribution in [0, 0.1) is 11.6 Å². The maximum atomic E-state index is 15.7. The Morgan fingerprint density at radius 2 is 1.75 bits per heavy atom. The van der Waals surface area contributed by atoms with Crippen molar-refractivity contribution in [2.24, 2.45) is 0 Å². The number of anilines is 3. The molecule has 3 N–H and O–H groups in total. The minimum Gasteiger partial charge on any atom is -0.494 e. The maximum Gasteiger partial charge on any atom is 0.416 e. The number of hydrogen-bond donors (Lipinski definition) is 3. The van der Waals surface area contributed by atoms with E-state index in [0.717, 1.165) is 17.0 Å². The van der Waals surface area contributed by atoms with Gasteiger partial charge in [-0.15, -0.1) is 5.10 Å². The van der Waals surface area contributed by atoms with E-state index in [0.29, 0.717) is 28.9 Å². The lowest BCUT2D eigenvalue weighted by atomic mass is 10.0. The molecule has 16 heteroatoms. The first-order valence-electron chi connectivity index (χ1n) is 14.6. The Bertz CT molecular complexity index is 1830. The quantitative estimate of drug-likeness (QED) is 0.206. The number of aliphatic hydroxyl groups excluding tert-OH is 1. The summed E-state index contributed by atoms with van der Waals surface area (Å²) in [6, 6.07) is 12.2. The first-order valence-corrected chi connectivity index (χ1v) is 14.6. The maximum absolute atomic E-state index is 15.7. The molecule has 3 amide bonds. The van der Waals surface area contributed by atoms with E-state index in [1.165, 1.54) is 30.0 Å². The summed E-state index contributed by atoms with van der Waals surface area (Å²) in [7, 11) is 4.61. The molecule has 1 aromatic heterocycles. The third-order valence-corrected chi connectivity index (χ3v) is 7.53. The highest BCUT2D eigenvalue weighted by Gasteiger charge is 2.45. The van der Waals surface area contributed by atoms with Gasteiger partial charge in [0.1, 0.15) is 11.4 Å². The van der Waals surface area contributed by atoms with E-state index in [1.807, 2.05) is 0 Å². The van der Waals surface area contributed by atoms with Crippen molar-refractivity contribution in [2.45, 2.75) is 32.5 Å². The Morgan fingerprint density at radius 1 is 1.06 bits per heavy atom. The van der Waals surface area contributed by atoms with Crippen molar-refractivity contribution in [2.75, 3.05) is 42.9 Å². The molecule has 5 rings (SSSR count). The van der Waals surface area contributed by atoms with Crippen LogP contribution in [0.15, 0.2) is 60.7 Å². The van der Waals surface area contributed by atoms with E-state index in [2.05, 4.69) is 15.7 Å². The number of hydrogen-bond acceptors (Lipinski definition) is 7. The Morgan fingerprint density at radius 3 is 2.38 bits per heavy atom. The van der Waals surface area contributed by atoms with Gasteiger partial charge in [-0.05, 0) is 69.6 Å². The van der Waals surface area contributed by atoms with Crippen LogP contribution in [0.2, 0.25) is 0 Å². The summed E-state index contributed by atoms with van der Waals surface area (Å²) in [6.07, 6.45) is -7.10. The van der Waals surface area contributed by atoms with Crippen molar-refractivity contribution in [3.63, 3.8) is 0 Å². The van der Waals surface area contributed by atoms with E-state index < -0.39 is 59.5 Å². The van der Waals surface area contributed by atoms with E-state index in [9.17, 15) is 27.9 Å². The fourth-order valence-corrected chi connectivity index (χ4v) is 5.40. The second-order valence-electron chi connectivity index (χ2n) is 11.0. The molecule has 0 aliphatic carbocycles. The van der Waals surface area contributed by atoms with E-state index in [-0.39, 0.29) is 29.4 Å². The van der Waals surface area contributed by atoms with Crippen LogP contribution in [-0.2, 0) is 19.3 Å². The standard InChI is InChI=1S/C32H32F5N7O4/c1-5-38-30(46)39-18-12-14-19(15-13-18)44-24(17-41(2)3)26-28(40-44)42(16-20-21(32(35,36)37)8-6-9-22(20)33)31(47)43(29(26)45)23-10-7-11-25(48-4)27(23)34/h6-15,31,47H,5,16-17H2,1-4H3,(H2,38,39,46). The lowest BCUT2D eigenvalue weighted by Gasteiger charge is -2.40. The van der Waals surface area contributed by atoms with Crippen LogP contribution in [0.3, 0.4) is 0 Å². The van der Waals surface area contributed by atoms with Crippen molar-refractivity contribution in [3.05, 3.63) is 94.7 Å². The predicted molar refractivity (Wildman–Crippen MR) is 167 cm³/mol. The average molecular weight is 674 g/mol. The van der Waals surface area contributed by atoms with Crippen LogP contribution in [0.1, 0.15) is 34.1 Å². The van der Waals surface area contributed by atoms with Crippen LogP contribution in [0.25, 0.3) is 5.69 Å². The molecule has 1 atom stereocenters. The van der Waals surface area contributed by atoms with Crippen molar-refractivity contribution >= 4 is 29.1 Å². The van der Waals surface area contributed by atoms with Gasteiger partial charge in [0.15, 0.2) is 17.4 Å². The SMILES string of the molecule is CCNC(=O)Nc1ccc(-n2nc3c(c2CN(C)C)C(=O)N(c2cccc(OC)c2F)C(O)N3Cc2c(F)cccc2C(F)(F)F)cc1. The summed E-state index contributed by atoms with van der Waals surface area (Å²) in [5.41, 5.74) is -1.66. The highest BCUT2D eigenvalue weighted by atomic mass is 19.4. The minimum atomic E-state index is -4.96. The van der Waals surface area contributed by atoms with Gasteiger partial charge in [-0.1, -0.05) is 12.1 Å². The Hall–Kier alpha value is -5.22. The number of aromatic nitrogens is 2. The van der Waals surface area contributed by atoms with Crippen molar-refractivity contribution in [1.82, 2.24) is 20.0 Å². The van der Waals surface area contributed by atoms with Crippen LogP contribution in [0.5, 0.6) is 5.75 Å². The molecule has 3 aromatic carbocycles. The van der Waals surface area contributed by atoms with Crippen LogP contribution < -0.4 is 25.2 Å². The van der Waals surface area contributed by atoms with Crippen molar-refractivity contribution < 1.29 is 41.4 Å². The number of rotatable bonds is 9. The predicted octanol–water partition coefficient (Wildman–Crippen LogP) is 5.32. The third-order valence-electron chi connectivity index (χ3n) is 7.53. The molecular weight excluding hydrogens is 641 g/mol. The number of benzene rings is 3. The molecule has 1 aliphatic heterocycles. The van der Waals surface area contributed by atoms with Gasteiger partial charge in [-0.3, -0.25) is 9.69 Å². The summed E-state index contributed by atoms with van der Waals surface area (Å²) in [4.78, 5) is 29.6. The monoisotopic (exact) mass is 673 g/mol. The number of aliphatic hydroxyl groups is 1. The molecule has 0 fully saturated rings. The number of carbonyl (C=O) groups is 2. The van der Waals surface area contributed by atoms with Gasteiger partial charge in [-0.25, -0.2) is 18.3 Å². The van der Waals surface area contributed by atoms with Crippen molar-refractivity contribution in [3.8, 4) is 11.4 Å². The topological polar surface area (TPSA) is 115 Å². The molecule has 0 saturated carbocycles. The zero-order valence-corrected chi connectivity index (χ0v) is 26.3. The van der Waals surface area contributed by atoms with Gasteiger partial charge in [0, 0.05) is 24.3 Å². The fraction of sp³-hybridized carbons (Fsp3) is 0.281. The molecular formula is C32H32F5N7O4. The lowest BCUT2D eigenvalue weighted by Crippen LogP contribution is -2.56. The number of nitrogens with one attached hydrogen (secondary N) is 2. The first kappa shape index (κ1) is 34.1. The second-order valence-corrected chi connectivity index (χ2v) is 11.0. The Balaban J connectivity index is 1.72. The van der Waals surface area contributed by atoms with E-state index >= 15 is 8.78 Å². The van der Waals surface area contributed by atoms with Crippen LogP contribution >= 0.6 is 0 Å². The number of carbonyl (C=O) groups excluding carboxylic acids is 2. The molecule has 0 bridgehead atoms. The molecule has 48 heavy (non-hydrogen) atoms. The summed E-state index contributed by atoms with van der Waals surface area (Å²) in [6.45, 7) is 1.31. The van der Waals surface area contributed by atoms with Gasteiger partial charge in [0.2, 0.25) is 6.35 Å². The number of alkyl halides is 3. The van der Waals surface area contributed by atoms with E-state index in [1.54, 1.807) is 50.2 Å². The summed E-state index contributed by atoms with van der Waals surface area (Å²) in [5, 5.41) is 21.5. The molecule has 1 unspecified atom stereocenters. The normalized spacial score (nSPS) is 14.7. The number of urea groups is 1.